The van der Waals surface area contributed by atoms with Gasteiger partial charge >= 0.3 is 6.09 Å². The molecule has 0 saturated carbocycles. The molecular formula is C23H23FN4O4. The van der Waals surface area contributed by atoms with Crippen molar-refractivity contribution >= 4 is 23.4 Å². The Morgan fingerprint density at radius 2 is 1.84 bits per heavy atom. The lowest BCUT2D eigenvalue weighted by Crippen LogP contribution is -2.17. The van der Waals surface area contributed by atoms with Crippen molar-refractivity contribution in [3.8, 4) is 5.69 Å². The molecule has 1 aliphatic carbocycles. The first kappa shape index (κ1) is 21.5. The van der Waals surface area contributed by atoms with E-state index in [0.717, 1.165) is 24.1 Å². The summed E-state index contributed by atoms with van der Waals surface area (Å²) in [7, 11) is 1.52. The van der Waals surface area contributed by atoms with E-state index in [2.05, 4.69) is 15.7 Å². The minimum Gasteiger partial charge on any atom is -0.447 e. The molecule has 0 atom stereocenters. The molecule has 0 bridgehead atoms. The number of ether oxygens (including phenoxy) is 2. The zero-order valence-electron chi connectivity index (χ0n) is 17.6. The summed E-state index contributed by atoms with van der Waals surface area (Å²) < 4.78 is 25.7. The van der Waals surface area contributed by atoms with Crippen LogP contribution in [0.25, 0.3) is 5.69 Å². The SMILES string of the molecule is COCCOC(=O)Nc1cccc(NC(=O)c2nn(-c3ccccc3F)c3c2CCC3)c1. The van der Waals surface area contributed by atoms with E-state index in [1.54, 1.807) is 42.5 Å². The first-order valence-electron chi connectivity index (χ1n) is 10.3. The van der Waals surface area contributed by atoms with Crippen LogP contribution < -0.4 is 10.6 Å². The van der Waals surface area contributed by atoms with Crippen molar-refractivity contribution in [2.24, 2.45) is 0 Å². The third kappa shape index (κ3) is 4.62. The molecule has 0 saturated heterocycles. The van der Waals surface area contributed by atoms with Crippen molar-refractivity contribution in [2.75, 3.05) is 31.0 Å². The summed E-state index contributed by atoms with van der Waals surface area (Å²) in [5, 5.41) is 9.85. The molecule has 1 aromatic heterocycles. The summed E-state index contributed by atoms with van der Waals surface area (Å²) in [5.74, 6) is -0.786. The van der Waals surface area contributed by atoms with Gasteiger partial charge in [0.05, 0.1) is 6.61 Å². The second-order valence-electron chi connectivity index (χ2n) is 7.28. The van der Waals surface area contributed by atoms with E-state index in [-0.39, 0.29) is 12.3 Å². The van der Waals surface area contributed by atoms with Gasteiger partial charge < -0.3 is 14.8 Å². The maximum absolute atomic E-state index is 14.3. The number of aromatic nitrogens is 2. The van der Waals surface area contributed by atoms with Crippen molar-refractivity contribution in [3.63, 3.8) is 0 Å². The molecule has 0 radical (unpaired) electrons. The summed E-state index contributed by atoms with van der Waals surface area (Å²) in [6.07, 6.45) is 1.70. The Morgan fingerprint density at radius 1 is 1.06 bits per heavy atom. The van der Waals surface area contributed by atoms with Gasteiger partial charge in [-0.15, -0.1) is 0 Å². The number of benzene rings is 2. The Labute approximate surface area is 184 Å². The van der Waals surface area contributed by atoms with Crippen molar-refractivity contribution in [1.29, 1.82) is 0 Å². The highest BCUT2D eigenvalue weighted by molar-refractivity contribution is 6.04. The van der Waals surface area contributed by atoms with E-state index in [9.17, 15) is 14.0 Å². The first-order valence-corrected chi connectivity index (χ1v) is 10.3. The number of para-hydroxylation sites is 1. The van der Waals surface area contributed by atoms with Crippen LogP contribution in [0, 0.1) is 5.82 Å². The van der Waals surface area contributed by atoms with Gasteiger partial charge in [-0.1, -0.05) is 18.2 Å². The molecule has 2 aromatic carbocycles. The van der Waals surface area contributed by atoms with E-state index < -0.39 is 17.8 Å². The number of hydrogen-bond acceptors (Lipinski definition) is 5. The Morgan fingerprint density at radius 3 is 2.62 bits per heavy atom. The van der Waals surface area contributed by atoms with Gasteiger partial charge in [0.2, 0.25) is 0 Å². The zero-order valence-corrected chi connectivity index (χ0v) is 17.6. The molecule has 166 valence electrons. The molecule has 1 heterocycles. The summed E-state index contributed by atoms with van der Waals surface area (Å²) in [6.45, 7) is 0.432. The van der Waals surface area contributed by atoms with Gasteiger partial charge in [0.25, 0.3) is 5.91 Å². The van der Waals surface area contributed by atoms with E-state index in [0.29, 0.717) is 30.1 Å². The fraction of sp³-hybridized carbons (Fsp3) is 0.261. The molecule has 0 spiro atoms. The van der Waals surface area contributed by atoms with Crippen molar-refractivity contribution in [1.82, 2.24) is 9.78 Å². The van der Waals surface area contributed by atoms with Crippen LogP contribution in [-0.4, -0.2) is 42.1 Å². The van der Waals surface area contributed by atoms with Crippen LogP contribution in [0.2, 0.25) is 0 Å². The minimum absolute atomic E-state index is 0.133. The lowest BCUT2D eigenvalue weighted by Gasteiger charge is -2.09. The van der Waals surface area contributed by atoms with Gasteiger partial charge in [-0.25, -0.2) is 13.9 Å². The number of nitrogens with one attached hydrogen (secondary N) is 2. The van der Waals surface area contributed by atoms with Crippen LogP contribution >= 0.6 is 0 Å². The number of rotatable bonds is 7. The van der Waals surface area contributed by atoms with Crippen LogP contribution in [0.5, 0.6) is 0 Å². The smallest absolute Gasteiger partial charge is 0.411 e. The quantitative estimate of drug-likeness (QED) is 0.545. The average Bonchev–Trinajstić information content (AvgIpc) is 3.38. The van der Waals surface area contributed by atoms with Gasteiger partial charge in [-0.05, 0) is 49.6 Å². The first-order chi connectivity index (χ1) is 15.6. The van der Waals surface area contributed by atoms with Crippen LogP contribution in [0.4, 0.5) is 20.6 Å². The van der Waals surface area contributed by atoms with Crippen molar-refractivity contribution in [2.45, 2.75) is 19.3 Å². The maximum Gasteiger partial charge on any atom is 0.411 e. The lowest BCUT2D eigenvalue weighted by molar-refractivity contribution is 0.102. The van der Waals surface area contributed by atoms with Crippen molar-refractivity contribution < 1.29 is 23.5 Å². The van der Waals surface area contributed by atoms with Crippen LogP contribution in [-0.2, 0) is 22.3 Å². The molecule has 8 nitrogen and oxygen atoms in total. The fourth-order valence-corrected chi connectivity index (χ4v) is 3.68. The van der Waals surface area contributed by atoms with Crippen LogP contribution in [0.15, 0.2) is 48.5 Å². The third-order valence-electron chi connectivity index (χ3n) is 5.11. The second-order valence-corrected chi connectivity index (χ2v) is 7.28. The number of methoxy groups -OCH3 is 1. The predicted molar refractivity (Wildman–Crippen MR) is 117 cm³/mol. The summed E-state index contributed by atoms with van der Waals surface area (Å²) >= 11 is 0. The van der Waals surface area contributed by atoms with E-state index in [1.165, 1.54) is 17.9 Å². The number of carbonyl (C=O) groups is 2. The standard InChI is InChI=1S/C23H23FN4O4/c1-31-12-13-32-23(30)26-16-7-4-6-15(14-16)25-22(29)21-17-8-5-11-19(17)28(27-21)20-10-3-2-9-18(20)24/h2-4,6-7,9-10,14H,5,8,11-13H2,1H3,(H,25,29)(H,26,30). The number of halogens is 1. The molecule has 4 rings (SSSR count). The Hall–Kier alpha value is -3.72. The van der Waals surface area contributed by atoms with Crippen LogP contribution in [0.1, 0.15) is 28.2 Å². The van der Waals surface area contributed by atoms with Crippen LogP contribution in [0.3, 0.4) is 0 Å². The van der Waals surface area contributed by atoms with Gasteiger partial charge in [0.1, 0.15) is 18.1 Å². The van der Waals surface area contributed by atoms with E-state index in [1.807, 2.05) is 0 Å². The molecule has 2 amide bonds. The van der Waals surface area contributed by atoms with Gasteiger partial charge in [-0.2, -0.15) is 5.10 Å². The number of anilines is 2. The number of fused-ring (bicyclic) bond motifs is 1. The maximum atomic E-state index is 14.3. The fourth-order valence-electron chi connectivity index (χ4n) is 3.68. The van der Waals surface area contributed by atoms with Gasteiger partial charge in [-0.3, -0.25) is 10.1 Å². The summed E-state index contributed by atoms with van der Waals surface area (Å²) in [4.78, 5) is 24.8. The van der Waals surface area contributed by atoms with E-state index >= 15 is 0 Å². The predicted octanol–water partition coefficient (Wildman–Crippen LogP) is 3.95. The molecule has 1 aliphatic rings. The number of amides is 2. The number of nitrogens with zero attached hydrogens (tertiary/aromatic N) is 2. The summed E-state index contributed by atoms with van der Waals surface area (Å²) in [6, 6.07) is 13.1. The highest BCUT2D eigenvalue weighted by Gasteiger charge is 2.27. The second kappa shape index (κ2) is 9.61. The third-order valence-corrected chi connectivity index (χ3v) is 5.11. The van der Waals surface area contributed by atoms with Gasteiger partial charge in [0, 0.05) is 29.7 Å². The van der Waals surface area contributed by atoms with Gasteiger partial charge in [0.15, 0.2) is 5.69 Å². The molecule has 2 N–H and O–H groups in total. The molecular weight excluding hydrogens is 415 g/mol. The average molecular weight is 438 g/mol. The number of carbonyl (C=O) groups excluding carboxylic acids is 2. The largest absolute Gasteiger partial charge is 0.447 e. The molecule has 0 fully saturated rings. The van der Waals surface area contributed by atoms with E-state index in [4.69, 9.17) is 9.47 Å². The molecule has 9 heteroatoms. The Bertz CT molecular complexity index is 1140. The minimum atomic E-state index is -0.619. The number of hydrogen-bond donors (Lipinski definition) is 2. The molecule has 0 unspecified atom stereocenters. The molecule has 32 heavy (non-hydrogen) atoms. The molecule has 0 aliphatic heterocycles. The Balaban J connectivity index is 1.51. The monoisotopic (exact) mass is 438 g/mol. The topological polar surface area (TPSA) is 94.5 Å². The highest BCUT2D eigenvalue weighted by Crippen LogP contribution is 2.29. The Kier molecular flexibility index (Phi) is 6.46. The highest BCUT2D eigenvalue weighted by atomic mass is 19.1. The summed E-state index contributed by atoms with van der Waals surface area (Å²) in [5.41, 5.74) is 3.24. The normalized spacial score (nSPS) is 12.3. The zero-order chi connectivity index (χ0) is 22.5. The lowest BCUT2D eigenvalue weighted by atomic mass is 10.2. The van der Waals surface area contributed by atoms with Crippen molar-refractivity contribution in [3.05, 3.63) is 71.3 Å². The molecule has 3 aromatic rings.